The molecule has 0 fully saturated rings. The number of halogens is 1. The van der Waals surface area contributed by atoms with Crippen LogP contribution in [0.5, 0.6) is 5.75 Å². The van der Waals surface area contributed by atoms with Gasteiger partial charge in [0, 0.05) is 16.5 Å². The molecule has 0 aromatic heterocycles. The maximum Gasteiger partial charge on any atom is 0.343 e. The third-order valence-electron chi connectivity index (χ3n) is 3.59. The molecule has 0 saturated carbocycles. The number of hydrogen-bond acceptors (Lipinski definition) is 5. The van der Waals surface area contributed by atoms with E-state index in [9.17, 15) is 4.79 Å². The number of ether oxygens (including phenoxy) is 1. The lowest BCUT2D eigenvalue weighted by atomic mass is 10.1. The largest absolute Gasteiger partial charge is 0.423 e. The van der Waals surface area contributed by atoms with Gasteiger partial charge in [-0.05, 0) is 55.0 Å². The van der Waals surface area contributed by atoms with Gasteiger partial charge in [-0.15, -0.1) is 24.2 Å². The van der Waals surface area contributed by atoms with Crippen LogP contribution < -0.4 is 10.5 Å². The minimum atomic E-state index is -0.390. The number of thioether (sulfide) groups is 1. The van der Waals surface area contributed by atoms with Crippen molar-refractivity contribution in [2.75, 3.05) is 12.3 Å². The summed E-state index contributed by atoms with van der Waals surface area (Å²) >= 11 is 1.78. The Kier molecular flexibility index (Phi) is 5.91. The predicted molar refractivity (Wildman–Crippen MR) is 103 cm³/mol. The van der Waals surface area contributed by atoms with Crippen molar-refractivity contribution in [3.05, 3.63) is 59.2 Å². The summed E-state index contributed by atoms with van der Waals surface area (Å²) in [4.78, 5) is 16.7. The molecule has 0 saturated heterocycles. The molecule has 1 atom stereocenters. The number of carbonyl (C=O) groups excluding carboxylic acids is 1. The van der Waals surface area contributed by atoms with E-state index in [2.05, 4.69) is 11.9 Å². The van der Waals surface area contributed by atoms with Crippen LogP contribution in [0.3, 0.4) is 0 Å². The first-order valence-electron chi connectivity index (χ1n) is 7.43. The van der Waals surface area contributed by atoms with Crippen LogP contribution in [0.1, 0.15) is 28.4 Å². The highest BCUT2D eigenvalue weighted by atomic mass is 35.5. The van der Waals surface area contributed by atoms with Crippen molar-refractivity contribution in [3.63, 3.8) is 0 Å². The predicted octanol–water partition coefficient (Wildman–Crippen LogP) is 4.10. The Hall–Kier alpha value is -1.98. The van der Waals surface area contributed by atoms with Gasteiger partial charge in [-0.3, -0.25) is 4.99 Å². The summed E-state index contributed by atoms with van der Waals surface area (Å²) in [6.45, 7) is 5.02. The zero-order chi connectivity index (χ0) is 16.4. The summed E-state index contributed by atoms with van der Waals surface area (Å²) in [5.74, 6) is 0.142. The van der Waals surface area contributed by atoms with Crippen LogP contribution >= 0.6 is 24.2 Å². The number of esters is 1. The molecule has 0 bridgehead atoms. The van der Waals surface area contributed by atoms with E-state index in [4.69, 9.17) is 10.5 Å². The molecule has 4 nitrogen and oxygen atoms in total. The molecule has 0 aliphatic carbocycles. The molecule has 3 rings (SSSR count). The van der Waals surface area contributed by atoms with Crippen molar-refractivity contribution in [3.8, 4) is 5.75 Å². The van der Waals surface area contributed by atoms with E-state index < -0.39 is 5.97 Å². The first kappa shape index (κ1) is 18.4. The maximum absolute atomic E-state index is 12.1. The van der Waals surface area contributed by atoms with E-state index in [1.54, 1.807) is 36.0 Å². The fourth-order valence-electron chi connectivity index (χ4n) is 2.35. The minimum absolute atomic E-state index is 0. The van der Waals surface area contributed by atoms with Crippen LogP contribution in [0.4, 0.5) is 5.69 Å². The Morgan fingerprint density at radius 2 is 1.96 bits per heavy atom. The Balaban J connectivity index is 0.00000208. The highest BCUT2D eigenvalue weighted by Gasteiger charge is 2.18. The number of anilines is 1. The van der Waals surface area contributed by atoms with Crippen LogP contribution in [0, 0.1) is 6.92 Å². The second-order valence-electron chi connectivity index (χ2n) is 5.56. The molecule has 2 aromatic rings. The summed E-state index contributed by atoms with van der Waals surface area (Å²) in [5, 5.41) is 1.58. The number of hydrogen-bond donors (Lipinski definition) is 1. The number of benzene rings is 2. The molecule has 0 spiro atoms. The Labute approximate surface area is 151 Å². The lowest BCUT2D eigenvalue weighted by Gasteiger charge is -2.09. The maximum atomic E-state index is 12.1. The van der Waals surface area contributed by atoms with Gasteiger partial charge in [0.25, 0.3) is 0 Å². The van der Waals surface area contributed by atoms with E-state index >= 15 is 0 Å². The number of nitrogens with zero attached hydrogens (tertiary/aromatic N) is 1. The fourth-order valence-corrected chi connectivity index (χ4v) is 3.39. The number of nitrogen functional groups attached to an aromatic ring is 1. The van der Waals surface area contributed by atoms with E-state index in [0.717, 1.165) is 22.7 Å². The summed E-state index contributed by atoms with van der Waals surface area (Å²) in [6.07, 6.45) is 0. The van der Waals surface area contributed by atoms with E-state index in [1.807, 2.05) is 25.1 Å². The molecule has 24 heavy (non-hydrogen) atoms. The fraction of sp³-hybridized carbons (Fsp3) is 0.222. The van der Waals surface area contributed by atoms with Gasteiger partial charge in [0.2, 0.25) is 0 Å². The Bertz CT molecular complexity index is 775. The number of aryl methyl sites for hydroxylation is 1. The standard InChI is InChI=1S/C18H18N2O2S.ClH/c1-11-9-15(7-8-16(11)17-20-10-12(2)23-17)22-18(21)13-3-5-14(19)6-4-13;/h3-9,12H,10,19H2,1-2H3;1H. The molecule has 0 amide bonds. The lowest BCUT2D eigenvalue weighted by Crippen LogP contribution is -2.09. The van der Waals surface area contributed by atoms with Crippen LogP contribution in [0.2, 0.25) is 0 Å². The first-order chi connectivity index (χ1) is 11.0. The molecule has 1 unspecified atom stereocenters. The third kappa shape index (κ3) is 4.10. The summed E-state index contributed by atoms with van der Waals surface area (Å²) in [7, 11) is 0. The molecule has 1 aliphatic rings. The van der Waals surface area contributed by atoms with Crippen molar-refractivity contribution < 1.29 is 9.53 Å². The molecular weight excluding hydrogens is 344 g/mol. The van der Waals surface area contributed by atoms with E-state index in [-0.39, 0.29) is 12.4 Å². The average molecular weight is 363 g/mol. The third-order valence-corrected chi connectivity index (χ3v) is 4.71. The topological polar surface area (TPSA) is 64.7 Å². The molecule has 1 heterocycles. The molecule has 1 aliphatic heterocycles. The normalized spacial score (nSPS) is 16.2. The van der Waals surface area contributed by atoms with Gasteiger partial charge in [0.15, 0.2) is 0 Å². The van der Waals surface area contributed by atoms with E-state index in [0.29, 0.717) is 22.3 Å². The van der Waals surface area contributed by atoms with Crippen LogP contribution in [0.15, 0.2) is 47.5 Å². The smallest absolute Gasteiger partial charge is 0.343 e. The van der Waals surface area contributed by atoms with Gasteiger partial charge in [-0.2, -0.15) is 0 Å². The van der Waals surface area contributed by atoms with Crippen LogP contribution in [0.25, 0.3) is 0 Å². The van der Waals surface area contributed by atoms with Crippen molar-refractivity contribution in [2.24, 2.45) is 4.99 Å². The van der Waals surface area contributed by atoms with Crippen molar-refractivity contribution in [2.45, 2.75) is 19.1 Å². The highest BCUT2D eigenvalue weighted by Crippen LogP contribution is 2.28. The zero-order valence-electron chi connectivity index (χ0n) is 13.5. The monoisotopic (exact) mass is 362 g/mol. The second kappa shape index (κ2) is 7.73. The van der Waals surface area contributed by atoms with E-state index in [1.165, 1.54) is 0 Å². The van der Waals surface area contributed by atoms with Crippen molar-refractivity contribution >= 4 is 40.9 Å². The number of rotatable bonds is 3. The summed E-state index contributed by atoms with van der Waals surface area (Å²) < 4.78 is 5.43. The van der Waals surface area contributed by atoms with Gasteiger partial charge in [0.1, 0.15) is 5.75 Å². The number of nitrogens with two attached hydrogens (primary N) is 1. The molecular formula is C18H19ClN2O2S. The lowest BCUT2D eigenvalue weighted by molar-refractivity contribution is 0.0735. The second-order valence-corrected chi connectivity index (χ2v) is 6.99. The van der Waals surface area contributed by atoms with Gasteiger partial charge in [-0.1, -0.05) is 6.92 Å². The van der Waals surface area contributed by atoms with Crippen LogP contribution in [-0.2, 0) is 0 Å². The molecule has 6 heteroatoms. The summed E-state index contributed by atoms with van der Waals surface area (Å²) in [5.41, 5.74) is 8.87. The Morgan fingerprint density at radius 3 is 2.54 bits per heavy atom. The SMILES string of the molecule is Cc1cc(OC(=O)c2ccc(N)cc2)ccc1C1=NCC(C)S1.Cl. The molecule has 2 aromatic carbocycles. The van der Waals surface area contributed by atoms with Gasteiger partial charge in [0.05, 0.1) is 17.2 Å². The first-order valence-corrected chi connectivity index (χ1v) is 8.31. The Morgan fingerprint density at radius 1 is 1.25 bits per heavy atom. The minimum Gasteiger partial charge on any atom is -0.423 e. The quantitative estimate of drug-likeness (QED) is 0.507. The van der Waals surface area contributed by atoms with Crippen molar-refractivity contribution in [1.82, 2.24) is 0 Å². The summed E-state index contributed by atoms with van der Waals surface area (Å²) in [6, 6.07) is 12.3. The molecule has 0 radical (unpaired) electrons. The van der Waals surface area contributed by atoms with Crippen LogP contribution in [-0.4, -0.2) is 22.8 Å². The molecule has 2 N–H and O–H groups in total. The van der Waals surface area contributed by atoms with Gasteiger partial charge >= 0.3 is 5.97 Å². The average Bonchev–Trinajstić information content (AvgIpc) is 2.94. The number of carbonyl (C=O) groups is 1. The van der Waals surface area contributed by atoms with Crippen molar-refractivity contribution in [1.29, 1.82) is 0 Å². The molecule has 126 valence electrons. The highest BCUT2D eigenvalue weighted by molar-refractivity contribution is 8.15. The van der Waals surface area contributed by atoms with Gasteiger partial charge < -0.3 is 10.5 Å². The number of aliphatic imine (C=N–C) groups is 1. The van der Waals surface area contributed by atoms with Gasteiger partial charge in [-0.25, -0.2) is 4.79 Å². The zero-order valence-corrected chi connectivity index (χ0v) is 15.1.